The van der Waals surface area contributed by atoms with E-state index >= 15 is 0 Å². The lowest BCUT2D eigenvalue weighted by Gasteiger charge is -2.34. The summed E-state index contributed by atoms with van der Waals surface area (Å²) in [5.74, 6) is -0.493. The van der Waals surface area contributed by atoms with Crippen LogP contribution in [0.3, 0.4) is 0 Å². The molecule has 0 atom stereocenters. The Morgan fingerprint density at radius 1 is 1.03 bits per heavy atom. The van der Waals surface area contributed by atoms with Gasteiger partial charge in [0.15, 0.2) is 0 Å². The van der Waals surface area contributed by atoms with E-state index in [9.17, 15) is 18.0 Å². The smallest absolute Gasteiger partial charge is 0.317 e. The molecule has 8 nitrogen and oxygen atoms in total. The van der Waals surface area contributed by atoms with E-state index in [1.807, 2.05) is 6.07 Å². The second-order valence-corrected chi connectivity index (χ2v) is 9.27. The van der Waals surface area contributed by atoms with Crippen molar-refractivity contribution < 1.29 is 18.0 Å². The molecule has 3 rings (SSSR count). The molecule has 1 fully saturated rings. The average Bonchev–Trinajstić information content (AvgIpc) is 2.74. The van der Waals surface area contributed by atoms with Crippen molar-refractivity contribution in [3.8, 4) is 0 Å². The highest BCUT2D eigenvalue weighted by Crippen LogP contribution is 2.19. The van der Waals surface area contributed by atoms with Crippen molar-refractivity contribution in [3.63, 3.8) is 0 Å². The molecule has 0 saturated carbocycles. The minimum absolute atomic E-state index is 0.183. The molecule has 3 amide bonds. The Labute approximate surface area is 180 Å². The van der Waals surface area contributed by atoms with Crippen LogP contribution in [0.25, 0.3) is 0 Å². The Balaban J connectivity index is 1.49. The summed E-state index contributed by atoms with van der Waals surface area (Å²) >= 11 is 5.82. The van der Waals surface area contributed by atoms with Crippen LogP contribution in [-0.4, -0.2) is 62.3 Å². The fourth-order valence-electron chi connectivity index (χ4n) is 3.19. The molecular formula is C20H23ClN4O4S. The van der Waals surface area contributed by atoms with E-state index in [2.05, 4.69) is 5.32 Å². The number of rotatable bonds is 6. The standard InChI is InChI=1S/C20H23ClN4O4S/c21-17-4-6-18(7-5-17)30(28,29)25-12-10-24(11-13-25)20(27)23-9-8-15-2-1-3-16(14-15)19(22)26/h1-7,14H,8-13H2,(H2,22,26)(H,23,27). The molecule has 10 heteroatoms. The van der Waals surface area contributed by atoms with Crippen molar-refractivity contribution in [1.82, 2.24) is 14.5 Å². The summed E-state index contributed by atoms with van der Waals surface area (Å²) in [5.41, 5.74) is 6.60. The number of nitrogens with one attached hydrogen (secondary N) is 1. The third-order valence-electron chi connectivity index (χ3n) is 4.88. The maximum atomic E-state index is 12.7. The second-order valence-electron chi connectivity index (χ2n) is 6.89. The lowest BCUT2D eigenvalue weighted by molar-refractivity contribution is 0.1000. The van der Waals surface area contributed by atoms with Crippen LogP contribution in [0.2, 0.25) is 5.02 Å². The summed E-state index contributed by atoms with van der Waals surface area (Å²) in [6, 6.07) is 12.7. The molecule has 3 N–H and O–H groups in total. The van der Waals surface area contributed by atoms with Crippen molar-refractivity contribution >= 4 is 33.6 Å². The van der Waals surface area contributed by atoms with Gasteiger partial charge in [-0.25, -0.2) is 13.2 Å². The van der Waals surface area contributed by atoms with Crippen LogP contribution in [0.5, 0.6) is 0 Å². The van der Waals surface area contributed by atoms with E-state index < -0.39 is 15.9 Å². The maximum Gasteiger partial charge on any atom is 0.317 e. The van der Waals surface area contributed by atoms with E-state index in [1.54, 1.807) is 23.1 Å². The van der Waals surface area contributed by atoms with E-state index in [0.717, 1.165) is 5.56 Å². The molecule has 1 aliphatic heterocycles. The summed E-state index contributed by atoms with van der Waals surface area (Å²) in [5, 5.41) is 3.30. The first-order valence-electron chi connectivity index (χ1n) is 9.44. The third-order valence-corrected chi connectivity index (χ3v) is 7.04. The molecule has 1 heterocycles. The van der Waals surface area contributed by atoms with Gasteiger partial charge >= 0.3 is 6.03 Å². The Bertz CT molecular complexity index is 1020. The molecule has 0 bridgehead atoms. The van der Waals surface area contributed by atoms with Gasteiger partial charge < -0.3 is 16.0 Å². The van der Waals surface area contributed by atoms with Gasteiger partial charge in [-0.3, -0.25) is 4.79 Å². The number of halogens is 1. The minimum atomic E-state index is -3.61. The Hall–Kier alpha value is -2.62. The largest absolute Gasteiger partial charge is 0.366 e. The number of primary amides is 1. The summed E-state index contributed by atoms with van der Waals surface area (Å²) < 4.78 is 26.8. The first-order chi connectivity index (χ1) is 14.3. The fraction of sp³-hybridized carbons (Fsp3) is 0.300. The van der Waals surface area contributed by atoms with Gasteiger partial charge in [0.05, 0.1) is 4.90 Å². The lowest BCUT2D eigenvalue weighted by atomic mass is 10.1. The molecule has 30 heavy (non-hydrogen) atoms. The average molecular weight is 451 g/mol. The number of urea groups is 1. The first-order valence-corrected chi connectivity index (χ1v) is 11.3. The molecule has 0 aliphatic carbocycles. The first kappa shape index (κ1) is 22.1. The molecule has 160 valence electrons. The molecule has 2 aromatic carbocycles. The summed E-state index contributed by atoms with van der Waals surface area (Å²) in [6.07, 6.45) is 0.553. The predicted molar refractivity (Wildman–Crippen MR) is 114 cm³/mol. The van der Waals surface area contributed by atoms with Crippen LogP contribution in [0.4, 0.5) is 4.79 Å². The van der Waals surface area contributed by atoms with Crippen molar-refractivity contribution in [3.05, 3.63) is 64.7 Å². The number of carbonyl (C=O) groups excluding carboxylic acids is 2. The van der Waals surface area contributed by atoms with Gasteiger partial charge in [0.25, 0.3) is 0 Å². The zero-order valence-corrected chi connectivity index (χ0v) is 17.8. The van der Waals surface area contributed by atoms with Gasteiger partial charge in [-0.2, -0.15) is 4.31 Å². The number of sulfonamides is 1. The number of hydrogen-bond acceptors (Lipinski definition) is 4. The summed E-state index contributed by atoms with van der Waals surface area (Å²) in [6.45, 7) is 1.44. The van der Waals surface area contributed by atoms with E-state index in [-0.39, 0.29) is 24.0 Å². The van der Waals surface area contributed by atoms with Gasteiger partial charge in [0.1, 0.15) is 0 Å². The molecular weight excluding hydrogens is 428 g/mol. The fourth-order valence-corrected chi connectivity index (χ4v) is 4.74. The predicted octanol–water partition coefficient (Wildman–Crippen LogP) is 1.70. The van der Waals surface area contributed by atoms with Crippen LogP contribution >= 0.6 is 11.6 Å². The monoisotopic (exact) mass is 450 g/mol. The Morgan fingerprint density at radius 3 is 2.33 bits per heavy atom. The van der Waals surface area contributed by atoms with Gasteiger partial charge in [-0.1, -0.05) is 23.7 Å². The molecule has 0 aromatic heterocycles. The van der Waals surface area contributed by atoms with Crippen molar-refractivity contribution in [1.29, 1.82) is 0 Å². The number of hydrogen-bond donors (Lipinski definition) is 2. The van der Waals surface area contributed by atoms with Gasteiger partial charge in [0, 0.05) is 43.3 Å². The molecule has 1 saturated heterocycles. The number of nitrogens with two attached hydrogens (primary N) is 1. The second kappa shape index (κ2) is 9.46. The quantitative estimate of drug-likeness (QED) is 0.697. The number of piperazine rings is 1. The van der Waals surface area contributed by atoms with Gasteiger partial charge in [0.2, 0.25) is 15.9 Å². The topological polar surface area (TPSA) is 113 Å². The van der Waals surface area contributed by atoms with E-state index in [0.29, 0.717) is 36.6 Å². The van der Waals surface area contributed by atoms with Crippen LogP contribution in [-0.2, 0) is 16.4 Å². The molecule has 2 aromatic rings. The van der Waals surface area contributed by atoms with Crippen LogP contribution in [0.15, 0.2) is 53.4 Å². The molecule has 0 spiro atoms. The third kappa shape index (κ3) is 5.29. The van der Waals surface area contributed by atoms with Crippen molar-refractivity contribution in [2.24, 2.45) is 5.73 Å². The lowest BCUT2D eigenvalue weighted by Crippen LogP contribution is -2.53. The number of amides is 3. The van der Waals surface area contributed by atoms with Crippen molar-refractivity contribution in [2.45, 2.75) is 11.3 Å². The minimum Gasteiger partial charge on any atom is -0.366 e. The molecule has 0 unspecified atom stereocenters. The maximum absolute atomic E-state index is 12.7. The summed E-state index contributed by atoms with van der Waals surface area (Å²) in [4.78, 5) is 25.4. The van der Waals surface area contributed by atoms with Crippen LogP contribution < -0.4 is 11.1 Å². The molecule has 1 aliphatic rings. The highest BCUT2D eigenvalue weighted by Gasteiger charge is 2.30. The number of carbonyl (C=O) groups is 2. The van der Waals surface area contributed by atoms with E-state index in [4.69, 9.17) is 17.3 Å². The normalized spacial score (nSPS) is 15.0. The Morgan fingerprint density at radius 2 is 1.70 bits per heavy atom. The van der Waals surface area contributed by atoms with E-state index in [1.165, 1.54) is 28.6 Å². The van der Waals surface area contributed by atoms with Crippen molar-refractivity contribution in [2.75, 3.05) is 32.7 Å². The zero-order valence-electron chi connectivity index (χ0n) is 16.3. The van der Waals surface area contributed by atoms with Gasteiger partial charge in [-0.15, -0.1) is 0 Å². The Kier molecular flexibility index (Phi) is 6.96. The summed E-state index contributed by atoms with van der Waals surface area (Å²) in [7, 11) is -3.61. The van der Waals surface area contributed by atoms with Crippen LogP contribution in [0, 0.1) is 0 Å². The van der Waals surface area contributed by atoms with Gasteiger partial charge in [-0.05, 0) is 48.4 Å². The molecule has 0 radical (unpaired) electrons. The highest BCUT2D eigenvalue weighted by atomic mass is 35.5. The van der Waals surface area contributed by atoms with Crippen LogP contribution in [0.1, 0.15) is 15.9 Å². The highest BCUT2D eigenvalue weighted by molar-refractivity contribution is 7.89. The zero-order chi connectivity index (χ0) is 21.7. The number of benzene rings is 2. The SMILES string of the molecule is NC(=O)c1cccc(CCNC(=O)N2CCN(S(=O)(=O)c3ccc(Cl)cc3)CC2)c1. The number of nitrogens with zero attached hydrogens (tertiary/aromatic N) is 2.